The standard InChI is InChI=1S/C32H33N5O3S2/c1-22-26(19-28-31(39)37(32(41)42-28)14-13-23-9-11-25(40-3)12-10-23)29(34(2)30(38)27(22)20-33)36-17-15-35(16-18-36)21-24-7-5-4-6-8-24/h4-12,19H,13-18,21H2,1-3H3. The van der Waals surface area contributed by atoms with Gasteiger partial charge in [-0.1, -0.05) is 66.4 Å². The average molecular weight is 600 g/mol. The maximum Gasteiger partial charge on any atom is 0.270 e. The summed E-state index contributed by atoms with van der Waals surface area (Å²) in [4.78, 5) is 33.4. The highest BCUT2D eigenvalue weighted by Gasteiger charge is 2.33. The quantitative estimate of drug-likeness (QED) is 0.280. The third-order valence-corrected chi connectivity index (χ3v) is 9.20. The van der Waals surface area contributed by atoms with E-state index in [4.69, 9.17) is 17.0 Å². The Hall–Kier alpha value is -3.91. The summed E-state index contributed by atoms with van der Waals surface area (Å²) in [5, 5.41) is 9.82. The van der Waals surface area contributed by atoms with Gasteiger partial charge in [0.15, 0.2) is 0 Å². The van der Waals surface area contributed by atoms with Gasteiger partial charge < -0.3 is 9.64 Å². The fourth-order valence-corrected chi connectivity index (χ4v) is 6.70. The highest BCUT2D eigenvalue weighted by Crippen LogP contribution is 2.36. The Morgan fingerprint density at radius 3 is 2.36 bits per heavy atom. The molecule has 1 amide bonds. The largest absolute Gasteiger partial charge is 0.497 e. The van der Waals surface area contributed by atoms with Gasteiger partial charge in [0.1, 0.15) is 27.5 Å². The van der Waals surface area contributed by atoms with Gasteiger partial charge >= 0.3 is 0 Å². The molecule has 216 valence electrons. The molecule has 2 aromatic carbocycles. The van der Waals surface area contributed by atoms with Crippen molar-refractivity contribution in [2.24, 2.45) is 7.05 Å². The van der Waals surface area contributed by atoms with Crippen LogP contribution in [0, 0.1) is 18.3 Å². The summed E-state index contributed by atoms with van der Waals surface area (Å²) in [7, 11) is 3.33. The molecule has 2 saturated heterocycles. The molecule has 1 aromatic heterocycles. The second-order valence-electron chi connectivity index (χ2n) is 10.4. The molecule has 2 aliphatic rings. The molecule has 0 bridgehead atoms. The predicted octanol–water partition coefficient (Wildman–Crippen LogP) is 4.34. The average Bonchev–Trinajstić information content (AvgIpc) is 3.27. The van der Waals surface area contributed by atoms with E-state index in [0.29, 0.717) is 33.3 Å². The van der Waals surface area contributed by atoms with E-state index in [-0.39, 0.29) is 17.0 Å². The first-order chi connectivity index (χ1) is 20.3. The lowest BCUT2D eigenvalue weighted by Gasteiger charge is -2.37. The Morgan fingerprint density at radius 1 is 1.02 bits per heavy atom. The Balaban J connectivity index is 1.39. The van der Waals surface area contributed by atoms with E-state index in [1.54, 1.807) is 30.5 Å². The molecule has 42 heavy (non-hydrogen) atoms. The van der Waals surface area contributed by atoms with Crippen LogP contribution in [-0.2, 0) is 24.8 Å². The number of carbonyl (C=O) groups is 1. The first-order valence-electron chi connectivity index (χ1n) is 13.8. The first kappa shape index (κ1) is 29.6. The molecule has 2 fully saturated rings. The van der Waals surface area contributed by atoms with Crippen molar-refractivity contribution in [3.63, 3.8) is 0 Å². The van der Waals surface area contributed by atoms with Gasteiger partial charge in [-0.05, 0) is 48.2 Å². The number of hydrogen-bond donors (Lipinski definition) is 0. The zero-order valence-corrected chi connectivity index (χ0v) is 25.6. The molecule has 0 unspecified atom stereocenters. The Bertz CT molecular complexity index is 1620. The second-order valence-corrected chi connectivity index (χ2v) is 12.1. The molecular formula is C32H33N5O3S2. The number of aromatic nitrogens is 1. The van der Waals surface area contributed by atoms with Gasteiger partial charge in [-0.25, -0.2) is 0 Å². The van der Waals surface area contributed by atoms with Crippen LogP contribution < -0.4 is 15.2 Å². The molecule has 10 heteroatoms. The number of methoxy groups -OCH3 is 1. The Morgan fingerprint density at radius 2 is 1.71 bits per heavy atom. The molecule has 3 heterocycles. The zero-order chi connectivity index (χ0) is 29.8. The number of benzene rings is 2. The van der Waals surface area contributed by atoms with Crippen LogP contribution in [0.5, 0.6) is 5.75 Å². The molecule has 5 rings (SSSR count). The molecule has 0 radical (unpaired) electrons. The fraction of sp³-hybridized carbons (Fsp3) is 0.312. The SMILES string of the molecule is COc1ccc(CCN2C(=O)C(=Cc3c(C)c(C#N)c(=O)n(C)c3N3CCN(Cc4ccccc4)CC3)SC2=S)cc1. The minimum atomic E-state index is -0.332. The van der Waals surface area contributed by atoms with Gasteiger partial charge in [-0.3, -0.25) is 24.0 Å². The minimum Gasteiger partial charge on any atom is -0.497 e. The van der Waals surface area contributed by atoms with E-state index in [1.165, 1.54) is 17.3 Å². The smallest absolute Gasteiger partial charge is 0.270 e. The van der Waals surface area contributed by atoms with Crippen molar-refractivity contribution in [1.82, 2.24) is 14.4 Å². The van der Waals surface area contributed by atoms with Gasteiger partial charge in [0.25, 0.3) is 11.5 Å². The molecule has 0 atom stereocenters. The van der Waals surface area contributed by atoms with E-state index < -0.39 is 0 Å². The van der Waals surface area contributed by atoms with Crippen LogP contribution in [0.3, 0.4) is 0 Å². The van der Waals surface area contributed by atoms with Crippen LogP contribution in [0.25, 0.3) is 6.08 Å². The maximum absolute atomic E-state index is 13.5. The fourth-order valence-electron chi connectivity index (χ4n) is 5.41. The number of thiocarbonyl (C=S) groups is 1. The van der Waals surface area contributed by atoms with Crippen molar-refractivity contribution in [2.45, 2.75) is 19.9 Å². The number of ether oxygens (including phenoxy) is 1. The van der Waals surface area contributed by atoms with Crippen molar-refractivity contribution in [3.05, 3.63) is 97.7 Å². The van der Waals surface area contributed by atoms with Crippen molar-refractivity contribution in [2.75, 3.05) is 44.7 Å². The summed E-state index contributed by atoms with van der Waals surface area (Å²) in [6.07, 6.45) is 2.47. The Kier molecular flexibility index (Phi) is 9.12. The summed E-state index contributed by atoms with van der Waals surface area (Å²) < 4.78 is 7.28. The van der Waals surface area contributed by atoms with Crippen LogP contribution in [0.4, 0.5) is 5.82 Å². The number of pyridine rings is 1. The lowest BCUT2D eigenvalue weighted by Crippen LogP contribution is -2.48. The van der Waals surface area contributed by atoms with Crippen molar-refractivity contribution >= 4 is 46.1 Å². The summed E-state index contributed by atoms with van der Waals surface area (Å²) >= 11 is 6.86. The monoisotopic (exact) mass is 599 g/mol. The molecule has 8 nitrogen and oxygen atoms in total. The Labute approximate surface area is 255 Å². The van der Waals surface area contributed by atoms with Gasteiger partial charge in [0.05, 0.1) is 12.0 Å². The lowest BCUT2D eigenvalue weighted by atomic mass is 10.0. The normalized spacial score (nSPS) is 16.8. The number of nitriles is 1. The number of nitrogens with zero attached hydrogens (tertiary/aromatic N) is 5. The van der Waals surface area contributed by atoms with Gasteiger partial charge in [0, 0.05) is 51.9 Å². The summed E-state index contributed by atoms with van der Waals surface area (Å²) in [6.45, 7) is 6.20. The lowest BCUT2D eigenvalue weighted by molar-refractivity contribution is -0.122. The third kappa shape index (κ3) is 6.14. The van der Waals surface area contributed by atoms with Gasteiger partial charge in [-0.2, -0.15) is 5.26 Å². The van der Waals surface area contributed by atoms with Crippen LogP contribution in [0.1, 0.15) is 27.8 Å². The number of anilines is 1. The number of piperazine rings is 1. The van der Waals surface area contributed by atoms with Crippen molar-refractivity contribution in [3.8, 4) is 11.8 Å². The van der Waals surface area contributed by atoms with E-state index in [0.717, 1.165) is 49.9 Å². The number of thioether (sulfide) groups is 1. The van der Waals surface area contributed by atoms with Crippen molar-refractivity contribution in [1.29, 1.82) is 5.26 Å². The third-order valence-electron chi connectivity index (χ3n) is 7.82. The number of amides is 1. The molecule has 3 aromatic rings. The highest BCUT2D eigenvalue weighted by atomic mass is 32.2. The summed E-state index contributed by atoms with van der Waals surface area (Å²) in [5.41, 5.74) is 3.38. The molecular weight excluding hydrogens is 567 g/mol. The number of rotatable bonds is 8. The van der Waals surface area contributed by atoms with Crippen molar-refractivity contribution < 1.29 is 9.53 Å². The minimum absolute atomic E-state index is 0.0881. The van der Waals surface area contributed by atoms with E-state index in [2.05, 4.69) is 40.1 Å². The van der Waals surface area contributed by atoms with Crippen LogP contribution in [-0.4, -0.2) is 64.4 Å². The van der Waals surface area contributed by atoms with Crippen LogP contribution in [0.15, 0.2) is 64.3 Å². The van der Waals surface area contributed by atoms with Crippen LogP contribution in [0.2, 0.25) is 0 Å². The van der Waals surface area contributed by atoms with E-state index >= 15 is 0 Å². The molecule has 0 saturated carbocycles. The highest BCUT2D eigenvalue weighted by molar-refractivity contribution is 8.26. The number of carbonyl (C=O) groups excluding carboxylic acids is 1. The second kappa shape index (κ2) is 12.9. The molecule has 0 N–H and O–H groups in total. The van der Waals surface area contributed by atoms with Crippen LogP contribution >= 0.6 is 24.0 Å². The van der Waals surface area contributed by atoms with Gasteiger partial charge in [0.2, 0.25) is 0 Å². The molecule has 2 aliphatic heterocycles. The zero-order valence-electron chi connectivity index (χ0n) is 24.0. The first-order valence-corrected chi connectivity index (χ1v) is 15.1. The molecule has 0 aliphatic carbocycles. The molecule has 0 spiro atoms. The van der Waals surface area contributed by atoms with E-state index in [1.807, 2.05) is 36.4 Å². The van der Waals surface area contributed by atoms with Gasteiger partial charge in [-0.15, -0.1) is 0 Å². The summed E-state index contributed by atoms with van der Waals surface area (Å²) in [6, 6.07) is 20.2. The number of hydrogen-bond acceptors (Lipinski definition) is 8. The predicted molar refractivity (Wildman–Crippen MR) is 172 cm³/mol. The maximum atomic E-state index is 13.5. The van der Waals surface area contributed by atoms with E-state index in [9.17, 15) is 14.9 Å². The topological polar surface area (TPSA) is 81.8 Å². The summed E-state index contributed by atoms with van der Waals surface area (Å²) in [5.74, 6) is 1.34.